The number of rotatable bonds is 6. The number of likely N-dealkylation sites (N-methyl/N-ethyl adjacent to an activating group) is 1. The summed E-state index contributed by atoms with van der Waals surface area (Å²) in [6.45, 7) is 12.9. The van der Waals surface area contributed by atoms with E-state index in [1.807, 2.05) is 6.20 Å². The summed E-state index contributed by atoms with van der Waals surface area (Å²) in [6, 6.07) is 6.50. The first-order valence-electron chi connectivity index (χ1n) is 7.47. The van der Waals surface area contributed by atoms with Crippen LogP contribution in [0.5, 0.6) is 0 Å². The van der Waals surface area contributed by atoms with Gasteiger partial charge in [-0.3, -0.25) is 0 Å². The molecule has 1 heterocycles. The van der Waals surface area contributed by atoms with E-state index in [-0.39, 0.29) is 0 Å². The van der Waals surface area contributed by atoms with E-state index in [0.717, 1.165) is 32.0 Å². The topological polar surface area (TPSA) is 28.2 Å². The molecule has 0 aliphatic rings. The highest BCUT2D eigenvalue weighted by molar-refractivity contribution is 5.89. The Bertz CT molecular complexity index is 574. The summed E-state index contributed by atoms with van der Waals surface area (Å²) in [5, 5.41) is 5.98. The van der Waals surface area contributed by atoms with Gasteiger partial charge in [0, 0.05) is 24.7 Å². The van der Waals surface area contributed by atoms with Crippen LogP contribution < -0.4 is 5.32 Å². The zero-order valence-electron chi connectivity index (χ0n) is 13.0. The van der Waals surface area contributed by atoms with Gasteiger partial charge in [0.05, 0.1) is 0 Å². The molecule has 0 aliphatic carbocycles. The molecule has 0 bridgehead atoms. The summed E-state index contributed by atoms with van der Waals surface area (Å²) in [5.41, 5.74) is 2.59. The van der Waals surface area contributed by atoms with E-state index in [1.54, 1.807) is 0 Å². The molecule has 0 fully saturated rings. The number of hydrogen-bond donors (Lipinski definition) is 1. The highest BCUT2D eigenvalue weighted by Gasteiger charge is 2.04. The van der Waals surface area contributed by atoms with Crippen LogP contribution in [0.3, 0.4) is 0 Å². The molecule has 3 heteroatoms. The van der Waals surface area contributed by atoms with Crippen LogP contribution in [0.25, 0.3) is 10.8 Å². The van der Waals surface area contributed by atoms with Gasteiger partial charge in [-0.15, -0.1) is 0 Å². The Balaban J connectivity index is 2.10. The minimum Gasteiger partial charge on any atom is -0.369 e. The molecule has 1 N–H and O–H groups in total. The van der Waals surface area contributed by atoms with Crippen molar-refractivity contribution >= 4 is 16.6 Å². The molecule has 2 aromatic rings. The molecule has 0 aliphatic heterocycles. The Labute approximate surface area is 122 Å². The molecule has 0 unspecified atom stereocenters. The van der Waals surface area contributed by atoms with Crippen LogP contribution in [-0.2, 0) is 0 Å². The third-order valence-electron chi connectivity index (χ3n) is 3.97. The van der Waals surface area contributed by atoms with Gasteiger partial charge in [0.15, 0.2) is 0 Å². The smallest absolute Gasteiger partial charge is 0.126 e. The van der Waals surface area contributed by atoms with Crippen molar-refractivity contribution in [3.63, 3.8) is 0 Å². The maximum Gasteiger partial charge on any atom is 0.126 e. The summed E-state index contributed by atoms with van der Waals surface area (Å²) in [5.74, 6) is 0.971. The van der Waals surface area contributed by atoms with E-state index in [4.69, 9.17) is 0 Å². The van der Waals surface area contributed by atoms with Gasteiger partial charge in [0.2, 0.25) is 0 Å². The summed E-state index contributed by atoms with van der Waals surface area (Å²) < 4.78 is 0. The lowest BCUT2D eigenvalue weighted by atomic mass is 10.0. The molecule has 1 aromatic heterocycles. The van der Waals surface area contributed by atoms with Crippen LogP contribution in [0.1, 0.15) is 25.0 Å². The standard InChI is InChI=1S/C17H25N3/c1-5-20(6-2)10-9-18-17-11-15-13(3)7-8-14(4)16(15)12-19-17/h7-8,11-12H,5-6,9-10H2,1-4H3,(H,18,19). The summed E-state index contributed by atoms with van der Waals surface area (Å²) in [7, 11) is 0. The van der Waals surface area contributed by atoms with Crippen molar-refractivity contribution in [3.05, 3.63) is 35.5 Å². The van der Waals surface area contributed by atoms with E-state index < -0.39 is 0 Å². The molecule has 0 saturated heterocycles. The van der Waals surface area contributed by atoms with Gasteiger partial charge in [-0.1, -0.05) is 26.0 Å². The highest BCUT2D eigenvalue weighted by atomic mass is 15.1. The fourth-order valence-electron chi connectivity index (χ4n) is 2.50. The number of benzene rings is 1. The van der Waals surface area contributed by atoms with Crippen LogP contribution in [0.4, 0.5) is 5.82 Å². The Kier molecular flexibility index (Phi) is 4.96. The second-order valence-corrected chi connectivity index (χ2v) is 5.27. The second kappa shape index (κ2) is 6.71. The maximum absolute atomic E-state index is 4.53. The summed E-state index contributed by atoms with van der Waals surface area (Å²) >= 11 is 0. The van der Waals surface area contributed by atoms with Crippen LogP contribution >= 0.6 is 0 Å². The van der Waals surface area contributed by atoms with Crippen molar-refractivity contribution in [1.29, 1.82) is 0 Å². The second-order valence-electron chi connectivity index (χ2n) is 5.27. The first-order valence-corrected chi connectivity index (χ1v) is 7.47. The van der Waals surface area contributed by atoms with Crippen molar-refractivity contribution in [3.8, 4) is 0 Å². The molecule has 3 nitrogen and oxygen atoms in total. The third kappa shape index (κ3) is 3.28. The number of aryl methyl sites for hydroxylation is 2. The van der Waals surface area contributed by atoms with Crippen LogP contribution in [0.15, 0.2) is 24.4 Å². The molecule has 0 amide bonds. The predicted octanol–water partition coefficient (Wildman–Crippen LogP) is 3.61. The number of anilines is 1. The molecule has 0 spiro atoms. The number of nitrogens with zero attached hydrogens (tertiary/aromatic N) is 2. The minimum atomic E-state index is 0.936. The van der Waals surface area contributed by atoms with Crippen LogP contribution in [-0.4, -0.2) is 36.1 Å². The third-order valence-corrected chi connectivity index (χ3v) is 3.97. The largest absolute Gasteiger partial charge is 0.369 e. The SMILES string of the molecule is CCN(CC)CCNc1cc2c(C)ccc(C)c2cn1. The van der Waals surface area contributed by atoms with Crippen molar-refractivity contribution < 1.29 is 0 Å². The molecule has 0 atom stereocenters. The van der Waals surface area contributed by atoms with Crippen molar-refractivity contribution in [2.75, 3.05) is 31.5 Å². The van der Waals surface area contributed by atoms with E-state index >= 15 is 0 Å². The molecular weight excluding hydrogens is 246 g/mol. The first-order chi connectivity index (χ1) is 9.65. The van der Waals surface area contributed by atoms with E-state index in [2.05, 4.69) is 61.1 Å². The van der Waals surface area contributed by atoms with Crippen molar-refractivity contribution in [2.45, 2.75) is 27.7 Å². The monoisotopic (exact) mass is 271 g/mol. The Morgan fingerprint density at radius 1 is 1.05 bits per heavy atom. The molecule has 0 saturated carbocycles. The van der Waals surface area contributed by atoms with Crippen LogP contribution in [0.2, 0.25) is 0 Å². The minimum absolute atomic E-state index is 0.936. The average molecular weight is 271 g/mol. The lowest BCUT2D eigenvalue weighted by Gasteiger charge is -2.18. The molecular formula is C17H25N3. The molecule has 20 heavy (non-hydrogen) atoms. The van der Waals surface area contributed by atoms with Gasteiger partial charge in [-0.2, -0.15) is 0 Å². The number of nitrogens with one attached hydrogen (secondary N) is 1. The molecule has 108 valence electrons. The lowest BCUT2D eigenvalue weighted by molar-refractivity contribution is 0.316. The predicted molar refractivity (Wildman–Crippen MR) is 87.5 cm³/mol. The normalized spacial score (nSPS) is 11.2. The Hall–Kier alpha value is -1.61. The highest BCUT2D eigenvalue weighted by Crippen LogP contribution is 2.23. The maximum atomic E-state index is 4.53. The summed E-state index contributed by atoms with van der Waals surface area (Å²) in [4.78, 5) is 6.93. The van der Waals surface area contributed by atoms with Gasteiger partial charge in [-0.05, 0) is 49.5 Å². The quantitative estimate of drug-likeness (QED) is 0.870. The lowest BCUT2D eigenvalue weighted by Crippen LogP contribution is -2.28. The molecule has 1 aromatic carbocycles. The van der Waals surface area contributed by atoms with E-state index in [1.165, 1.54) is 21.9 Å². The average Bonchev–Trinajstić information content (AvgIpc) is 2.48. The Morgan fingerprint density at radius 3 is 2.35 bits per heavy atom. The first kappa shape index (κ1) is 14.8. The number of fused-ring (bicyclic) bond motifs is 1. The number of aromatic nitrogens is 1. The molecule has 0 radical (unpaired) electrons. The van der Waals surface area contributed by atoms with E-state index in [9.17, 15) is 0 Å². The number of hydrogen-bond acceptors (Lipinski definition) is 3. The van der Waals surface area contributed by atoms with Gasteiger partial charge in [-0.25, -0.2) is 4.98 Å². The van der Waals surface area contributed by atoms with Crippen molar-refractivity contribution in [1.82, 2.24) is 9.88 Å². The zero-order valence-corrected chi connectivity index (χ0v) is 13.0. The Morgan fingerprint density at radius 2 is 1.70 bits per heavy atom. The van der Waals surface area contributed by atoms with Gasteiger partial charge >= 0.3 is 0 Å². The van der Waals surface area contributed by atoms with E-state index in [0.29, 0.717) is 0 Å². The van der Waals surface area contributed by atoms with Gasteiger partial charge in [0.1, 0.15) is 5.82 Å². The fraction of sp³-hybridized carbons (Fsp3) is 0.471. The van der Waals surface area contributed by atoms with Gasteiger partial charge in [0.25, 0.3) is 0 Å². The van der Waals surface area contributed by atoms with Crippen LogP contribution in [0, 0.1) is 13.8 Å². The fourth-order valence-corrected chi connectivity index (χ4v) is 2.50. The van der Waals surface area contributed by atoms with Gasteiger partial charge < -0.3 is 10.2 Å². The summed E-state index contributed by atoms with van der Waals surface area (Å²) in [6.07, 6.45) is 1.98. The number of pyridine rings is 1. The zero-order chi connectivity index (χ0) is 14.5. The molecule has 2 rings (SSSR count). The van der Waals surface area contributed by atoms with Crippen molar-refractivity contribution in [2.24, 2.45) is 0 Å².